The van der Waals surface area contributed by atoms with E-state index in [2.05, 4.69) is 23.1 Å². The Bertz CT molecular complexity index is 593. The molecule has 20 heavy (non-hydrogen) atoms. The molecule has 1 N–H and O–H groups in total. The summed E-state index contributed by atoms with van der Waals surface area (Å²) in [5.41, 5.74) is 0.503. The van der Waals surface area contributed by atoms with Crippen LogP contribution in [0.25, 0.3) is 10.2 Å². The highest BCUT2D eigenvalue weighted by Crippen LogP contribution is 2.38. The largest absolute Gasteiger partial charge is 0.388 e. The second-order valence-electron chi connectivity index (χ2n) is 6.15. The van der Waals surface area contributed by atoms with Crippen LogP contribution < -0.4 is 0 Å². The van der Waals surface area contributed by atoms with E-state index in [1.165, 1.54) is 17.5 Å². The summed E-state index contributed by atoms with van der Waals surface area (Å²) in [5, 5.41) is 12.2. The Labute approximate surface area is 123 Å². The molecule has 0 radical (unpaired) electrons. The van der Waals surface area contributed by atoms with Crippen molar-refractivity contribution in [3.8, 4) is 0 Å². The van der Waals surface area contributed by atoms with Gasteiger partial charge >= 0.3 is 0 Å². The van der Waals surface area contributed by atoms with Crippen molar-refractivity contribution in [1.29, 1.82) is 0 Å². The minimum atomic E-state index is -0.561. The summed E-state index contributed by atoms with van der Waals surface area (Å²) >= 11 is 1.73. The molecule has 2 aromatic rings. The predicted molar refractivity (Wildman–Crippen MR) is 82.1 cm³/mol. The lowest BCUT2D eigenvalue weighted by atomic mass is 9.86. The van der Waals surface area contributed by atoms with Gasteiger partial charge in [0.2, 0.25) is 0 Å². The zero-order valence-electron chi connectivity index (χ0n) is 11.6. The topological polar surface area (TPSA) is 36.4 Å². The van der Waals surface area contributed by atoms with Gasteiger partial charge in [-0.25, -0.2) is 4.98 Å². The lowest BCUT2D eigenvalue weighted by Gasteiger charge is -2.37. The Hall–Kier alpha value is -0.970. The van der Waals surface area contributed by atoms with Crippen molar-refractivity contribution in [2.24, 2.45) is 0 Å². The second-order valence-corrected chi connectivity index (χ2v) is 7.27. The molecule has 2 aliphatic rings. The number of thiazole rings is 1. The van der Waals surface area contributed by atoms with Gasteiger partial charge in [-0.1, -0.05) is 18.6 Å². The minimum Gasteiger partial charge on any atom is -0.388 e. The van der Waals surface area contributed by atoms with Gasteiger partial charge in [-0.15, -0.1) is 11.3 Å². The molecule has 2 fully saturated rings. The Morgan fingerprint density at radius 1 is 1.30 bits per heavy atom. The molecule has 2 unspecified atom stereocenters. The minimum absolute atomic E-state index is 0.350. The van der Waals surface area contributed by atoms with Crippen molar-refractivity contribution in [3.63, 3.8) is 0 Å². The summed E-state index contributed by atoms with van der Waals surface area (Å²) in [6.07, 6.45) is 5.29. The van der Waals surface area contributed by atoms with Crippen molar-refractivity contribution in [3.05, 3.63) is 29.3 Å². The molecule has 1 aromatic carbocycles. The molecule has 4 rings (SSSR count). The van der Waals surface area contributed by atoms with E-state index in [-0.39, 0.29) is 0 Å². The zero-order valence-corrected chi connectivity index (χ0v) is 12.4. The van der Waals surface area contributed by atoms with Gasteiger partial charge in [0.05, 0.1) is 20.8 Å². The molecule has 3 heterocycles. The van der Waals surface area contributed by atoms with Crippen LogP contribution in [0.15, 0.2) is 24.3 Å². The predicted octanol–water partition coefficient (Wildman–Crippen LogP) is 2.83. The Balaban J connectivity index is 1.61. The molecular formula is C16H20N2OS. The van der Waals surface area contributed by atoms with Crippen LogP contribution >= 0.6 is 11.3 Å². The van der Waals surface area contributed by atoms with Crippen LogP contribution in [0.2, 0.25) is 0 Å². The van der Waals surface area contributed by atoms with Crippen LogP contribution in [0.3, 0.4) is 0 Å². The van der Waals surface area contributed by atoms with Crippen LogP contribution in [0, 0.1) is 0 Å². The maximum atomic E-state index is 11.1. The van der Waals surface area contributed by atoms with E-state index in [0.717, 1.165) is 36.5 Å². The van der Waals surface area contributed by atoms with Crippen molar-refractivity contribution in [1.82, 2.24) is 9.88 Å². The monoisotopic (exact) mass is 288 g/mol. The van der Waals surface area contributed by atoms with Gasteiger partial charge in [0, 0.05) is 19.0 Å². The van der Waals surface area contributed by atoms with E-state index in [1.54, 1.807) is 11.3 Å². The first-order valence-electron chi connectivity index (χ1n) is 7.55. The number of fused-ring (bicyclic) bond motifs is 2. The van der Waals surface area contributed by atoms with Crippen molar-refractivity contribution in [2.45, 2.75) is 43.7 Å². The van der Waals surface area contributed by atoms with Crippen LogP contribution in [-0.4, -0.2) is 39.7 Å². The molecule has 0 spiro atoms. The fraction of sp³-hybridized carbons (Fsp3) is 0.562. The molecule has 2 saturated heterocycles. The maximum absolute atomic E-state index is 11.1. The van der Waals surface area contributed by atoms with Gasteiger partial charge < -0.3 is 5.11 Å². The molecule has 3 nitrogen and oxygen atoms in total. The summed E-state index contributed by atoms with van der Waals surface area (Å²) in [6, 6.07) is 8.60. The molecule has 0 aliphatic carbocycles. The van der Waals surface area contributed by atoms with Gasteiger partial charge in [0.15, 0.2) is 0 Å². The lowest BCUT2D eigenvalue weighted by Crippen LogP contribution is -2.48. The normalized spacial score (nSPS) is 30.8. The number of nitrogens with zero attached hydrogens (tertiary/aromatic N) is 2. The molecular weight excluding hydrogens is 268 g/mol. The Morgan fingerprint density at radius 2 is 2.20 bits per heavy atom. The lowest BCUT2D eigenvalue weighted by molar-refractivity contribution is -0.00885. The van der Waals surface area contributed by atoms with E-state index in [9.17, 15) is 5.11 Å². The summed E-state index contributed by atoms with van der Waals surface area (Å²) < 4.78 is 1.23. The third-order valence-corrected chi connectivity index (χ3v) is 5.90. The van der Waals surface area contributed by atoms with Crippen LogP contribution in [0.1, 0.15) is 30.7 Å². The molecule has 2 atom stereocenters. The van der Waals surface area contributed by atoms with E-state index < -0.39 is 5.60 Å². The highest BCUT2D eigenvalue weighted by molar-refractivity contribution is 7.18. The number of aromatic nitrogens is 1. The van der Waals surface area contributed by atoms with Gasteiger partial charge in [0.25, 0.3) is 0 Å². The number of hydrogen-bond acceptors (Lipinski definition) is 4. The van der Waals surface area contributed by atoms with Gasteiger partial charge in [-0.05, 0) is 37.9 Å². The number of piperidine rings is 1. The third-order valence-electron chi connectivity index (χ3n) is 4.86. The third kappa shape index (κ3) is 2.07. The highest BCUT2D eigenvalue weighted by atomic mass is 32.1. The number of benzene rings is 1. The smallest absolute Gasteiger partial charge is 0.0967 e. The Morgan fingerprint density at radius 3 is 3.10 bits per heavy atom. The summed E-state index contributed by atoms with van der Waals surface area (Å²) in [6.45, 7) is 2.21. The van der Waals surface area contributed by atoms with Gasteiger partial charge in [-0.2, -0.15) is 0 Å². The van der Waals surface area contributed by atoms with E-state index in [1.807, 2.05) is 6.07 Å². The molecule has 0 amide bonds. The molecule has 2 aliphatic heterocycles. The molecule has 106 valence electrons. The van der Waals surface area contributed by atoms with Crippen LogP contribution in [0.5, 0.6) is 0 Å². The molecule has 1 aromatic heterocycles. The fourth-order valence-corrected chi connectivity index (χ4v) is 4.92. The Kier molecular flexibility index (Phi) is 3.05. The van der Waals surface area contributed by atoms with E-state index >= 15 is 0 Å². The SMILES string of the molecule is OC1(Cc2nc3ccccc3s2)CCN2CCCCC21. The number of para-hydroxylation sites is 1. The zero-order chi connectivity index (χ0) is 13.6. The van der Waals surface area contributed by atoms with Gasteiger partial charge in [0.1, 0.15) is 0 Å². The first kappa shape index (κ1) is 12.7. The first-order valence-corrected chi connectivity index (χ1v) is 8.37. The van der Waals surface area contributed by atoms with Crippen LogP contribution in [-0.2, 0) is 6.42 Å². The number of aliphatic hydroxyl groups is 1. The molecule has 4 heteroatoms. The second kappa shape index (κ2) is 4.79. The first-order chi connectivity index (χ1) is 9.74. The highest BCUT2D eigenvalue weighted by Gasteiger charge is 2.46. The van der Waals surface area contributed by atoms with Crippen molar-refractivity contribution >= 4 is 21.6 Å². The van der Waals surface area contributed by atoms with Crippen molar-refractivity contribution < 1.29 is 5.11 Å². The maximum Gasteiger partial charge on any atom is 0.0967 e. The van der Waals surface area contributed by atoms with E-state index in [4.69, 9.17) is 4.98 Å². The van der Waals surface area contributed by atoms with Gasteiger partial charge in [-0.3, -0.25) is 4.90 Å². The summed E-state index contributed by atoms with van der Waals surface area (Å²) in [4.78, 5) is 7.18. The standard InChI is InChI=1S/C16H20N2OS/c19-16(8-10-18-9-4-3-7-14(16)18)11-15-17-12-5-1-2-6-13(12)20-15/h1-2,5-6,14,19H,3-4,7-11H2. The molecule has 0 saturated carbocycles. The van der Waals surface area contributed by atoms with E-state index in [0.29, 0.717) is 12.5 Å². The average Bonchev–Trinajstić information content (AvgIpc) is 3.01. The quantitative estimate of drug-likeness (QED) is 0.923. The number of hydrogen-bond donors (Lipinski definition) is 1. The fourth-order valence-electron chi connectivity index (χ4n) is 3.83. The number of rotatable bonds is 2. The molecule has 0 bridgehead atoms. The summed E-state index contributed by atoms with van der Waals surface area (Å²) in [7, 11) is 0. The summed E-state index contributed by atoms with van der Waals surface area (Å²) in [5.74, 6) is 0. The van der Waals surface area contributed by atoms with Crippen molar-refractivity contribution in [2.75, 3.05) is 13.1 Å². The average molecular weight is 288 g/mol. The van der Waals surface area contributed by atoms with Crippen LogP contribution in [0.4, 0.5) is 0 Å².